The van der Waals surface area contributed by atoms with Crippen LogP contribution in [-0.4, -0.2) is 41.5 Å². The summed E-state index contributed by atoms with van der Waals surface area (Å²) in [5.74, 6) is 1.89. The highest BCUT2D eigenvalue weighted by Crippen LogP contribution is 2.13. The Labute approximate surface area is 182 Å². The Hall–Kier alpha value is -1.80. The van der Waals surface area contributed by atoms with Crippen LogP contribution in [0.3, 0.4) is 0 Å². The van der Waals surface area contributed by atoms with E-state index in [1.807, 2.05) is 43.4 Å². The van der Waals surface area contributed by atoms with E-state index < -0.39 is 0 Å². The van der Waals surface area contributed by atoms with Gasteiger partial charge < -0.3 is 15.2 Å². The number of imidazole rings is 1. The standard InChI is InChI=1S/C20H24ClN5.HI/c1-22-20(26(2)14-15-7-5-8-16(21)13-15)23-12-6-11-19-24-17-9-3-4-10-18(17)25-19;/h3-5,7-10,13H,6,11-12,14H2,1-2H3,(H,22,23)(H,24,25);1H. The minimum Gasteiger partial charge on any atom is -0.356 e. The molecule has 7 heteroatoms. The van der Waals surface area contributed by atoms with Gasteiger partial charge in [-0.3, -0.25) is 4.99 Å². The molecule has 0 fully saturated rings. The lowest BCUT2D eigenvalue weighted by atomic mass is 10.2. The normalized spacial score (nSPS) is 11.3. The van der Waals surface area contributed by atoms with E-state index in [2.05, 4.69) is 37.3 Å². The molecule has 1 aromatic heterocycles. The minimum absolute atomic E-state index is 0. The maximum absolute atomic E-state index is 6.06. The zero-order chi connectivity index (χ0) is 18.4. The molecule has 3 rings (SSSR count). The number of hydrogen-bond donors (Lipinski definition) is 2. The number of nitrogens with one attached hydrogen (secondary N) is 2. The van der Waals surface area contributed by atoms with E-state index in [4.69, 9.17) is 11.6 Å². The number of nitrogens with zero attached hydrogens (tertiary/aromatic N) is 3. The molecule has 144 valence electrons. The van der Waals surface area contributed by atoms with Crippen molar-refractivity contribution in [2.24, 2.45) is 4.99 Å². The zero-order valence-corrected chi connectivity index (χ0v) is 18.7. The van der Waals surface area contributed by atoms with E-state index in [1.165, 1.54) is 0 Å². The summed E-state index contributed by atoms with van der Waals surface area (Å²) in [7, 11) is 3.82. The third kappa shape index (κ3) is 6.10. The summed E-state index contributed by atoms with van der Waals surface area (Å²) in [4.78, 5) is 14.4. The van der Waals surface area contributed by atoms with Gasteiger partial charge in [-0.15, -0.1) is 24.0 Å². The first-order valence-corrected chi connectivity index (χ1v) is 9.13. The second kappa shape index (κ2) is 10.5. The van der Waals surface area contributed by atoms with Gasteiger partial charge in [0.2, 0.25) is 0 Å². The summed E-state index contributed by atoms with van der Waals surface area (Å²) in [5.41, 5.74) is 3.27. The Balaban J connectivity index is 0.00000261. The molecule has 0 aliphatic heterocycles. The number of aromatic amines is 1. The smallest absolute Gasteiger partial charge is 0.193 e. The van der Waals surface area contributed by atoms with Gasteiger partial charge in [0.25, 0.3) is 0 Å². The van der Waals surface area contributed by atoms with Crippen molar-refractivity contribution in [3.8, 4) is 0 Å². The second-order valence-corrected chi connectivity index (χ2v) is 6.70. The first kappa shape index (κ1) is 21.5. The molecule has 0 bridgehead atoms. The van der Waals surface area contributed by atoms with Crippen molar-refractivity contribution >= 4 is 52.6 Å². The quantitative estimate of drug-likeness (QED) is 0.229. The molecule has 0 unspecified atom stereocenters. The summed E-state index contributed by atoms with van der Waals surface area (Å²) < 4.78 is 0. The van der Waals surface area contributed by atoms with Crippen molar-refractivity contribution in [3.63, 3.8) is 0 Å². The Kier molecular flexibility index (Phi) is 8.37. The lowest BCUT2D eigenvalue weighted by Gasteiger charge is -2.22. The van der Waals surface area contributed by atoms with Gasteiger partial charge in [-0.1, -0.05) is 35.9 Å². The summed E-state index contributed by atoms with van der Waals surface area (Å²) in [5, 5.41) is 4.16. The van der Waals surface area contributed by atoms with Crippen LogP contribution in [0.15, 0.2) is 53.5 Å². The van der Waals surface area contributed by atoms with Crippen LogP contribution in [0.5, 0.6) is 0 Å². The van der Waals surface area contributed by atoms with Crippen LogP contribution in [0.2, 0.25) is 5.02 Å². The van der Waals surface area contributed by atoms with E-state index in [-0.39, 0.29) is 24.0 Å². The predicted molar refractivity (Wildman–Crippen MR) is 124 cm³/mol. The van der Waals surface area contributed by atoms with Crippen LogP contribution >= 0.6 is 35.6 Å². The molecule has 5 nitrogen and oxygen atoms in total. The highest BCUT2D eigenvalue weighted by Gasteiger charge is 2.07. The number of benzene rings is 2. The number of guanidine groups is 1. The fourth-order valence-corrected chi connectivity index (χ4v) is 3.16. The number of halogens is 2. The average molecular weight is 498 g/mol. The molecule has 0 atom stereocenters. The number of hydrogen-bond acceptors (Lipinski definition) is 2. The predicted octanol–water partition coefficient (Wildman–Crippen LogP) is 4.47. The number of aliphatic imine (C=N–C) groups is 1. The Morgan fingerprint density at radius 2 is 2.04 bits per heavy atom. The molecule has 2 N–H and O–H groups in total. The van der Waals surface area contributed by atoms with Gasteiger partial charge in [0.15, 0.2) is 5.96 Å². The number of aromatic nitrogens is 2. The lowest BCUT2D eigenvalue weighted by Crippen LogP contribution is -2.39. The summed E-state index contributed by atoms with van der Waals surface area (Å²) in [6.45, 7) is 1.59. The SMILES string of the molecule is CN=C(NCCCc1nc2ccccc2[nH]1)N(C)Cc1cccc(Cl)c1.I. The number of aryl methyl sites for hydroxylation is 1. The third-order valence-corrected chi connectivity index (χ3v) is 4.43. The van der Waals surface area contributed by atoms with E-state index >= 15 is 0 Å². The van der Waals surface area contributed by atoms with Crippen LogP contribution in [0, 0.1) is 0 Å². The van der Waals surface area contributed by atoms with Crippen molar-refractivity contribution in [2.75, 3.05) is 20.6 Å². The third-order valence-electron chi connectivity index (χ3n) is 4.19. The van der Waals surface area contributed by atoms with Gasteiger partial charge in [0, 0.05) is 38.6 Å². The van der Waals surface area contributed by atoms with Crippen molar-refractivity contribution in [2.45, 2.75) is 19.4 Å². The first-order chi connectivity index (χ1) is 12.7. The van der Waals surface area contributed by atoms with Crippen LogP contribution in [0.1, 0.15) is 17.8 Å². The molecule has 3 aromatic rings. The summed E-state index contributed by atoms with van der Waals surface area (Å²) in [6, 6.07) is 16.0. The second-order valence-electron chi connectivity index (χ2n) is 6.26. The first-order valence-electron chi connectivity index (χ1n) is 8.75. The maximum atomic E-state index is 6.06. The monoisotopic (exact) mass is 497 g/mol. The zero-order valence-electron chi connectivity index (χ0n) is 15.6. The number of para-hydroxylation sites is 2. The van der Waals surface area contributed by atoms with E-state index in [0.717, 1.165) is 59.3 Å². The number of H-pyrrole nitrogens is 1. The molecule has 27 heavy (non-hydrogen) atoms. The molecule has 0 saturated carbocycles. The molecule has 0 saturated heterocycles. The molecule has 0 aliphatic rings. The van der Waals surface area contributed by atoms with Gasteiger partial charge in [-0.25, -0.2) is 4.98 Å². The Bertz CT molecular complexity index is 860. The van der Waals surface area contributed by atoms with E-state index in [9.17, 15) is 0 Å². The van der Waals surface area contributed by atoms with Gasteiger partial charge in [-0.05, 0) is 36.2 Å². The summed E-state index contributed by atoms with van der Waals surface area (Å²) in [6.07, 6.45) is 1.88. The van der Waals surface area contributed by atoms with E-state index in [1.54, 1.807) is 7.05 Å². The molecule has 0 radical (unpaired) electrons. The Morgan fingerprint density at radius 3 is 2.78 bits per heavy atom. The van der Waals surface area contributed by atoms with Crippen LogP contribution in [-0.2, 0) is 13.0 Å². The molecule has 0 spiro atoms. The highest BCUT2D eigenvalue weighted by atomic mass is 127. The fraction of sp³-hybridized carbons (Fsp3) is 0.300. The number of fused-ring (bicyclic) bond motifs is 1. The maximum Gasteiger partial charge on any atom is 0.193 e. The van der Waals surface area contributed by atoms with Crippen LogP contribution < -0.4 is 5.32 Å². The van der Waals surface area contributed by atoms with Gasteiger partial charge in [0.1, 0.15) is 5.82 Å². The lowest BCUT2D eigenvalue weighted by molar-refractivity contribution is 0.475. The van der Waals surface area contributed by atoms with Crippen LogP contribution in [0.25, 0.3) is 11.0 Å². The fourth-order valence-electron chi connectivity index (χ4n) is 2.95. The van der Waals surface area contributed by atoms with Crippen molar-refractivity contribution < 1.29 is 0 Å². The van der Waals surface area contributed by atoms with Gasteiger partial charge >= 0.3 is 0 Å². The molecule has 0 amide bonds. The van der Waals surface area contributed by atoms with Crippen molar-refractivity contribution in [1.82, 2.24) is 20.2 Å². The highest BCUT2D eigenvalue weighted by molar-refractivity contribution is 14.0. The molecular weight excluding hydrogens is 473 g/mol. The van der Waals surface area contributed by atoms with Crippen molar-refractivity contribution in [3.05, 3.63) is 64.9 Å². The molecule has 1 heterocycles. The largest absolute Gasteiger partial charge is 0.356 e. The topological polar surface area (TPSA) is 56.3 Å². The summed E-state index contributed by atoms with van der Waals surface area (Å²) >= 11 is 6.06. The Morgan fingerprint density at radius 1 is 1.22 bits per heavy atom. The molecule has 2 aromatic carbocycles. The minimum atomic E-state index is 0. The van der Waals surface area contributed by atoms with Gasteiger partial charge in [0.05, 0.1) is 11.0 Å². The van der Waals surface area contributed by atoms with Crippen molar-refractivity contribution in [1.29, 1.82) is 0 Å². The number of rotatable bonds is 6. The molecular formula is C20H25ClIN5. The van der Waals surface area contributed by atoms with Crippen LogP contribution in [0.4, 0.5) is 0 Å². The average Bonchev–Trinajstić information content (AvgIpc) is 3.04. The molecule has 0 aliphatic carbocycles. The van der Waals surface area contributed by atoms with E-state index in [0.29, 0.717) is 0 Å². The van der Waals surface area contributed by atoms with Gasteiger partial charge in [-0.2, -0.15) is 0 Å².